The summed E-state index contributed by atoms with van der Waals surface area (Å²) in [6.45, 7) is 12.4. The van der Waals surface area contributed by atoms with Gasteiger partial charge in [-0.3, -0.25) is 9.59 Å². The van der Waals surface area contributed by atoms with Gasteiger partial charge in [0.25, 0.3) is 0 Å². The average Bonchev–Trinajstić information content (AvgIpc) is 3.56. The molecule has 7 nitrogen and oxygen atoms in total. The van der Waals surface area contributed by atoms with Crippen LogP contribution in [-0.4, -0.2) is 67.1 Å². The zero-order chi connectivity index (χ0) is 23.0. The quantitative estimate of drug-likeness (QED) is 0.319. The van der Waals surface area contributed by atoms with Gasteiger partial charge in [-0.15, -0.1) is 0 Å². The van der Waals surface area contributed by atoms with Crippen molar-refractivity contribution < 1.29 is 28.5 Å². The van der Waals surface area contributed by atoms with Crippen molar-refractivity contribution in [2.75, 3.05) is 20.3 Å². The molecule has 3 aliphatic rings. The molecule has 7 heteroatoms. The second kappa shape index (κ2) is 8.93. The number of epoxide rings is 2. The number of ether oxygens (including phenoxy) is 4. The summed E-state index contributed by atoms with van der Waals surface area (Å²) in [4.78, 5) is 24.0. The van der Waals surface area contributed by atoms with Crippen LogP contribution < -0.4 is 5.32 Å². The maximum absolute atomic E-state index is 12.6. The molecule has 0 aromatic rings. The molecule has 0 unspecified atom stereocenters. The first-order valence-electron chi connectivity index (χ1n) is 11.3. The second-order valence-corrected chi connectivity index (χ2v) is 10.5. The highest BCUT2D eigenvalue weighted by molar-refractivity contribution is 5.77. The van der Waals surface area contributed by atoms with Crippen molar-refractivity contribution >= 4 is 11.8 Å². The summed E-state index contributed by atoms with van der Waals surface area (Å²) in [5.74, 6) is -0.247. The van der Waals surface area contributed by atoms with E-state index in [-0.39, 0.29) is 53.7 Å². The summed E-state index contributed by atoms with van der Waals surface area (Å²) in [7, 11) is 1.67. The van der Waals surface area contributed by atoms with E-state index < -0.39 is 5.54 Å². The molecule has 6 atom stereocenters. The Labute approximate surface area is 186 Å². The van der Waals surface area contributed by atoms with Gasteiger partial charge in [0.2, 0.25) is 0 Å². The number of carbonyl (C=O) groups is 2. The third kappa shape index (κ3) is 5.56. The molecule has 2 saturated heterocycles. The van der Waals surface area contributed by atoms with Crippen molar-refractivity contribution in [3.05, 3.63) is 11.6 Å². The molecule has 0 aromatic carbocycles. The van der Waals surface area contributed by atoms with Crippen LogP contribution in [0.15, 0.2) is 11.6 Å². The standard InChI is InChI=1S/C24H39NO6/c1-15(2)8-9-18-23(6,31-18)21-20(28-7)17(10-11-24(21)14-29-24)30-19(27)13-25-22(4,5)12-16(3)26/h8,17-18,20-21,25H,9-14H2,1-7H3/t17-,18-,20-,21-,23-,24+/m1/s1. The van der Waals surface area contributed by atoms with Gasteiger partial charge in [0.15, 0.2) is 0 Å². The zero-order valence-corrected chi connectivity index (χ0v) is 20.1. The zero-order valence-electron chi connectivity index (χ0n) is 20.1. The summed E-state index contributed by atoms with van der Waals surface area (Å²) in [6.07, 6.45) is 4.44. The van der Waals surface area contributed by atoms with Gasteiger partial charge in [0, 0.05) is 19.1 Å². The predicted octanol–water partition coefficient (Wildman–Crippen LogP) is 2.95. The Hall–Kier alpha value is -1.28. The Morgan fingerprint density at radius 2 is 1.94 bits per heavy atom. The van der Waals surface area contributed by atoms with Gasteiger partial charge in [-0.05, 0) is 60.8 Å². The van der Waals surface area contributed by atoms with Crippen molar-refractivity contribution in [3.63, 3.8) is 0 Å². The molecule has 31 heavy (non-hydrogen) atoms. The summed E-state index contributed by atoms with van der Waals surface area (Å²) in [5.41, 5.74) is 0.226. The maximum atomic E-state index is 12.6. The number of rotatable bonds is 10. The molecule has 1 N–H and O–H groups in total. The molecule has 0 bridgehead atoms. The average molecular weight is 438 g/mol. The van der Waals surface area contributed by atoms with E-state index in [9.17, 15) is 9.59 Å². The van der Waals surface area contributed by atoms with E-state index in [0.717, 1.165) is 12.8 Å². The van der Waals surface area contributed by atoms with Gasteiger partial charge in [-0.1, -0.05) is 11.6 Å². The van der Waals surface area contributed by atoms with Gasteiger partial charge in [0.05, 0.1) is 25.2 Å². The fourth-order valence-corrected chi connectivity index (χ4v) is 5.28. The molecule has 2 heterocycles. The number of esters is 1. The van der Waals surface area contributed by atoms with Crippen molar-refractivity contribution in [3.8, 4) is 0 Å². The Morgan fingerprint density at radius 3 is 2.48 bits per heavy atom. The molecule has 176 valence electrons. The normalized spacial score (nSPS) is 36.7. The van der Waals surface area contributed by atoms with Crippen molar-refractivity contribution in [2.24, 2.45) is 5.92 Å². The first-order valence-corrected chi connectivity index (χ1v) is 11.3. The molecule has 0 amide bonds. The van der Waals surface area contributed by atoms with Crippen LogP contribution in [0.5, 0.6) is 0 Å². The van der Waals surface area contributed by atoms with E-state index in [1.54, 1.807) is 14.0 Å². The van der Waals surface area contributed by atoms with E-state index in [2.05, 4.69) is 32.2 Å². The first kappa shape index (κ1) is 24.4. The minimum Gasteiger partial charge on any atom is -0.459 e. The Bertz CT molecular complexity index is 724. The van der Waals surface area contributed by atoms with Crippen molar-refractivity contribution in [1.82, 2.24) is 5.32 Å². The maximum Gasteiger partial charge on any atom is 0.320 e. The Balaban J connectivity index is 1.64. The highest BCUT2D eigenvalue weighted by atomic mass is 16.6. The summed E-state index contributed by atoms with van der Waals surface area (Å²) < 4.78 is 23.9. The molecule has 3 fully saturated rings. The van der Waals surface area contributed by atoms with E-state index in [4.69, 9.17) is 18.9 Å². The molecular weight excluding hydrogens is 398 g/mol. The van der Waals surface area contributed by atoms with E-state index in [0.29, 0.717) is 19.4 Å². The number of Topliss-reactive ketones (excluding diaryl/α,β-unsaturated/α-hetero) is 1. The first-order chi connectivity index (χ1) is 14.4. The van der Waals surface area contributed by atoms with E-state index in [1.165, 1.54) is 5.57 Å². The number of nitrogens with one attached hydrogen (secondary N) is 1. The minimum absolute atomic E-state index is 0.00854. The summed E-state index contributed by atoms with van der Waals surface area (Å²) in [5, 5.41) is 3.14. The Kier molecular flexibility index (Phi) is 7.02. The number of hydrogen-bond acceptors (Lipinski definition) is 7. The van der Waals surface area contributed by atoms with E-state index in [1.807, 2.05) is 13.8 Å². The number of allylic oxidation sites excluding steroid dienone is 1. The molecule has 1 spiro atoms. The van der Waals surface area contributed by atoms with Crippen LogP contribution in [0, 0.1) is 5.92 Å². The molecule has 2 aliphatic heterocycles. The molecule has 0 radical (unpaired) electrons. The van der Waals surface area contributed by atoms with Crippen LogP contribution in [0.2, 0.25) is 0 Å². The minimum atomic E-state index is -0.458. The van der Waals surface area contributed by atoms with Gasteiger partial charge in [-0.25, -0.2) is 0 Å². The fourth-order valence-electron chi connectivity index (χ4n) is 5.28. The molecule has 1 aliphatic carbocycles. The van der Waals surface area contributed by atoms with Crippen LogP contribution in [0.1, 0.15) is 67.2 Å². The fraction of sp³-hybridized carbons (Fsp3) is 0.833. The third-order valence-electron chi connectivity index (χ3n) is 6.92. The van der Waals surface area contributed by atoms with Crippen LogP contribution in [0.3, 0.4) is 0 Å². The van der Waals surface area contributed by atoms with Gasteiger partial charge >= 0.3 is 5.97 Å². The van der Waals surface area contributed by atoms with Crippen LogP contribution in [0.4, 0.5) is 0 Å². The SMILES string of the molecule is CO[C@@H]1[C@H](OC(=O)CNC(C)(C)CC(C)=O)CC[C@]2(CO2)[C@H]1[C@]1(C)O[C@@H]1CC=C(C)C. The predicted molar refractivity (Wildman–Crippen MR) is 117 cm³/mol. The lowest BCUT2D eigenvalue weighted by molar-refractivity contribution is -0.171. The van der Waals surface area contributed by atoms with Crippen molar-refractivity contribution in [1.29, 1.82) is 0 Å². The highest BCUT2D eigenvalue weighted by Crippen LogP contribution is 2.59. The number of methoxy groups -OCH3 is 1. The van der Waals surface area contributed by atoms with Crippen LogP contribution in [0.25, 0.3) is 0 Å². The lowest BCUT2D eigenvalue weighted by Crippen LogP contribution is -2.56. The molecule has 0 aromatic heterocycles. The van der Waals surface area contributed by atoms with Gasteiger partial charge in [-0.2, -0.15) is 0 Å². The molecule has 1 saturated carbocycles. The number of hydrogen-bond donors (Lipinski definition) is 1. The van der Waals surface area contributed by atoms with E-state index >= 15 is 0 Å². The number of ketones is 1. The van der Waals surface area contributed by atoms with Crippen molar-refractivity contribution in [2.45, 2.75) is 102 Å². The lowest BCUT2D eigenvalue weighted by Gasteiger charge is -2.42. The smallest absolute Gasteiger partial charge is 0.320 e. The third-order valence-corrected chi connectivity index (χ3v) is 6.92. The largest absolute Gasteiger partial charge is 0.459 e. The second-order valence-electron chi connectivity index (χ2n) is 10.5. The van der Waals surface area contributed by atoms with Gasteiger partial charge in [0.1, 0.15) is 29.2 Å². The summed E-state index contributed by atoms with van der Waals surface area (Å²) in [6, 6.07) is 0. The van der Waals surface area contributed by atoms with Gasteiger partial charge < -0.3 is 24.3 Å². The highest BCUT2D eigenvalue weighted by Gasteiger charge is 2.72. The monoisotopic (exact) mass is 437 g/mol. The molecular formula is C24H39NO6. The Morgan fingerprint density at radius 1 is 1.26 bits per heavy atom. The van der Waals surface area contributed by atoms with Crippen LogP contribution in [-0.2, 0) is 28.5 Å². The summed E-state index contributed by atoms with van der Waals surface area (Å²) >= 11 is 0. The topological polar surface area (TPSA) is 89.7 Å². The molecule has 3 rings (SSSR count). The number of carbonyl (C=O) groups excluding carboxylic acids is 2. The van der Waals surface area contributed by atoms with Crippen LogP contribution >= 0.6 is 0 Å². The lowest BCUT2D eigenvalue weighted by atomic mass is 9.68.